The molecule has 3 unspecified atom stereocenters. The SMILES string of the molecule is CCCCC/C=C\C/C=C\C/C=C\CCCCCCCCC(=O)OC(/C=C/CCCCCCCCCCCC)C(COP(=O)(O)OCC[N+](C)(C)C)NC(=O)CCCCCCCCC/C=C\C/C=C\CCCCC. The molecule has 0 aliphatic rings. The van der Waals surface area contributed by atoms with E-state index < -0.39 is 20.0 Å². The molecule has 0 aromatic heterocycles. The molecule has 0 saturated heterocycles. The van der Waals surface area contributed by atoms with Crippen LogP contribution in [0.1, 0.15) is 271 Å². The van der Waals surface area contributed by atoms with E-state index in [1.807, 2.05) is 33.3 Å². The van der Waals surface area contributed by atoms with Crippen LogP contribution < -0.4 is 5.32 Å². The van der Waals surface area contributed by atoms with Crippen LogP contribution in [0.5, 0.6) is 0 Å². The van der Waals surface area contributed by atoms with Crippen LogP contribution in [0.2, 0.25) is 0 Å². The van der Waals surface area contributed by atoms with Gasteiger partial charge in [0, 0.05) is 12.8 Å². The third kappa shape index (κ3) is 54.2. The van der Waals surface area contributed by atoms with Gasteiger partial charge < -0.3 is 19.4 Å². The summed E-state index contributed by atoms with van der Waals surface area (Å²) in [5, 5.41) is 3.05. The lowest BCUT2D eigenvalue weighted by molar-refractivity contribution is -0.870. The molecule has 74 heavy (non-hydrogen) atoms. The number of amides is 1. The Kier molecular flexibility index (Phi) is 52.0. The Morgan fingerprint density at radius 2 is 0.824 bits per heavy atom. The van der Waals surface area contributed by atoms with Gasteiger partial charge in [0.2, 0.25) is 5.91 Å². The quantitative estimate of drug-likeness (QED) is 0.0205. The van der Waals surface area contributed by atoms with Crippen molar-refractivity contribution in [2.75, 3.05) is 40.9 Å². The summed E-state index contributed by atoms with van der Waals surface area (Å²) in [4.78, 5) is 37.7. The first-order valence-electron chi connectivity index (χ1n) is 30.8. The van der Waals surface area contributed by atoms with Gasteiger partial charge in [0.05, 0.1) is 33.8 Å². The summed E-state index contributed by atoms with van der Waals surface area (Å²) in [5.41, 5.74) is 0. The fraction of sp³-hybridized carbons (Fsp3) is 0.781. The molecule has 0 spiro atoms. The Labute approximate surface area is 457 Å². The maximum Gasteiger partial charge on any atom is 0.472 e. The summed E-state index contributed by atoms with van der Waals surface area (Å²) in [7, 11) is 1.48. The van der Waals surface area contributed by atoms with Gasteiger partial charge in [-0.1, -0.05) is 229 Å². The monoisotopic (exact) mass is 1060 g/mol. The molecule has 0 saturated carbocycles. The third-order valence-corrected chi connectivity index (χ3v) is 14.4. The van der Waals surface area contributed by atoms with Crippen molar-refractivity contribution in [1.82, 2.24) is 5.32 Å². The average Bonchev–Trinajstić information content (AvgIpc) is 3.36. The van der Waals surface area contributed by atoms with E-state index in [1.165, 1.54) is 135 Å². The summed E-state index contributed by atoms with van der Waals surface area (Å²) in [5.74, 6) is -0.527. The lowest BCUT2D eigenvalue weighted by atomic mass is 10.0. The largest absolute Gasteiger partial charge is 0.472 e. The van der Waals surface area contributed by atoms with Crippen molar-refractivity contribution in [3.63, 3.8) is 0 Å². The van der Waals surface area contributed by atoms with Crippen molar-refractivity contribution in [1.29, 1.82) is 0 Å². The highest BCUT2D eigenvalue weighted by molar-refractivity contribution is 7.47. The average molecular weight is 1060 g/mol. The minimum atomic E-state index is -4.45. The molecule has 430 valence electrons. The molecule has 0 aliphatic carbocycles. The highest BCUT2D eigenvalue weighted by Crippen LogP contribution is 2.43. The number of allylic oxidation sites excluding steroid dienone is 11. The number of rotatable bonds is 55. The van der Waals surface area contributed by atoms with Gasteiger partial charge in [-0.15, -0.1) is 0 Å². The van der Waals surface area contributed by atoms with Crippen LogP contribution >= 0.6 is 7.82 Å². The van der Waals surface area contributed by atoms with Crippen LogP contribution in [0.25, 0.3) is 0 Å². The van der Waals surface area contributed by atoms with Crippen molar-refractivity contribution in [3.05, 3.63) is 72.9 Å². The van der Waals surface area contributed by atoms with E-state index in [0.717, 1.165) is 103 Å². The van der Waals surface area contributed by atoms with Gasteiger partial charge in [0.15, 0.2) is 0 Å². The minimum absolute atomic E-state index is 0.0340. The number of quaternary nitrogens is 1. The summed E-state index contributed by atoms with van der Waals surface area (Å²) < 4.78 is 30.7. The molecule has 0 aromatic carbocycles. The summed E-state index contributed by atoms with van der Waals surface area (Å²) >= 11 is 0. The number of carbonyl (C=O) groups is 2. The molecule has 0 heterocycles. The Morgan fingerprint density at radius 1 is 0.473 bits per heavy atom. The van der Waals surface area contributed by atoms with Gasteiger partial charge in [-0.25, -0.2) is 4.57 Å². The van der Waals surface area contributed by atoms with E-state index >= 15 is 0 Å². The molecule has 3 atom stereocenters. The van der Waals surface area contributed by atoms with Crippen LogP contribution in [-0.4, -0.2) is 74.3 Å². The number of unbranched alkanes of at least 4 members (excludes halogenated alkanes) is 29. The van der Waals surface area contributed by atoms with E-state index in [1.54, 1.807) is 0 Å². The Balaban J connectivity index is 5.31. The van der Waals surface area contributed by atoms with E-state index in [-0.39, 0.29) is 31.5 Å². The zero-order valence-corrected chi connectivity index (χ0v) is 50.0. The lowest BCUT2D eigenvalue weighted by Crippen LogP contribution is -2.47. The zero-order valence-electron chi connectivity index (χ0n) is 49.1. The van der Waals surface area contributed by atoms with Crippen molar-refractivity contribution in [2.45, 2.75) is 283 Å². The Bertz CT molecular complexity index is 1500. The zero-order chi connectivity index (χ0) is 54.3. The maximum atomic E-state index is 13.5. The molecule has 9 nitrogen and oxygen atoms in total. The van der Waals surface area contributed by atoms with Gasteiger partial charge in [-0.05, 0) is 102 Å². The summed E-state index contributed by atoms with van der Waals surface area (Å²) in [6.45, 7) is 6.95. The lowest BCUT2D eigenvalue weighted by Gasteiger charge is -2.27. The van der Waals surface area contributed by atoms with Crippen molar-refractivity contribution >= 4 is 19.7 Å². The molecule has 0 rings (SSSR count). The predicted octanol–water partition coefficient (Wildman–Crippen LogP) is 18.8. The first-order valence-corrected chi connectivity index (χ1v) is 32.3. The highest BCUT2D eigenvalue weighted by Gasteiger charge is 2.30. The van der Waals surface area contributed by atoms with Crippen LogP contribution in [-0.2, 0) is 27.9 Å². The van der Waals surface area contributed by atoms with Gasteiger partial charge >= 0.3 is 13.8 Å². The summed E-state index contributed by atoms with van der Waals surface area (Å²) in [6, 6.07) is -0.860. The number of hydrogen-bond acceptors (Lipinski definition) is 6. The number of hydrogen-bond donors (Lipinski definition) is 2. The smallest absolute Gasteiger partial charge is 0.456 e. The molecule has 0 aliphatic heterocycles. The second-order valence-electron chi connectivity index (χ2n) is 21.9. The molecule has 2 N–H and O–H groups in total. The van der Waals surface area contributed by atoms with Gasteiger partial charge in [0.1, 0.15) is 19.3 Å². The number of esters is 1. The van der Waals surface area contributed by atoms with Gasteiger partial charge in [-0.3, -0.25) is 18.6 Å². The highest BCUT2D eigenvalue weighted by atomic mass is 31.2. The maximum absolute atomic E-state index is 13.5. The number of phosphoric ester groups is 1. The number of ether oxygens (including phenoxy) is 1. The standard InChI is InChI=1S/C64H117N2O7P/c1-7-10-13-16-19-22-25-28-30-32-33-35-37-39-42-45-48-51-54-57-64(68)73-62(55-52-49-46-43-40-27-24-21-18-15-12-9-3)61(60-72-74(69,70)71-59-58-66(4,5)6)65-63(67)56-53-50-47-44-41-38-36-34-31-29-26-23-20-17-14-11-8-2/h19-20,22-23,28-31,33,35,52,55,61-62H,7-18,21,24-27,32,34,36-51,53-54,56-60H2,1-6H3,(H-,65,67,69,70)/p+1/b22-19-,23-20-,30-28-,31-29-,35-33-,55-52+. The van der Waals surface area contributed by atoms with Crippen LogP contribution in [0.3, 0.4) is 0 Å². The molecule has 0 aromatic rings. The number of nitrogens with one attached hydrogen (secondary N) is 1. The molecular formula is C64H118N2O7P+. The number of phosphoric acid groups is 1. The van der Waals surface area contributed by atoms with Crippen molar-refractivity contribution in [2.24, 2.45) is 0 Å². The van der Waals surface area contributed by atoms with Crippen molar-refractivity contribution < 1.29 is 37.3 Å². The second-order valence-corrected chi connectivity index (χ2v) is 23.3. The Hall–Kier alpha value is -2.55. The fourth-order valence-corrected chi connectivity index (χ4v) is 9.30. The molecular weight excluding hydrogens is 940 g/mol. The van der Waals surface area contributed by atoms with Gasteiger partial charge in [-0.2, -0.15) is 0 Å². The minimum Gasteiger partial charge on any atom is -0.456 e. The normalized spacial score (nSPS) is 14.2. The fourth-order valence-electron chi connectivity index (χ4n) is 8.56. The van der Waals surface area contributed by atoms with E-state index in [2.05, 4.69) is 86.8 Å². The third-order valence-electron chi connectivity index (χ3n) is 13.4. The molecule has 0 radical (unpaired) electrons. The van der Waals surface area contributed by atoms with Crippen LogP contribution in [0, 0.1) is 0 Å². The number of nitrogens with zero attached hydrogens (tertiary/aromatic N) is 1. The summed E-state index contributed by atoms with van der Waals surface area (Å²) in [6.07, 6.45) is 68.9. The van der Waals surface area contributed by atoms with Crippen LogP contribution in [0.15, 0.2) is 72.9 Å². The second kappa shape index (κ2) is 53.8. The number of likely N-dealkylation sites (N-methyl/N-ethyl adjacent to an activating group) is 1. The first kappa shape index (κ1) is 71.5. The Morgan fingerprint density at radius 3 is 1.26 bits per heavy atom. The molecule has 0 fully saturated rings. The molecule has 0 bridgehead atoms. The van der Waals surface area contributed by atoms with E-state index in [9.17, 15) is 19.0 Å². The van der Waals surface area contributed by atoms with Crippen molar-refractivity contribution in [3.8, 4) is 0 Å². The topological polar surface area (TPSA) is 111 Å². The van der Waals surface area contributed by atoms with E-state index in [0.29, 0.717) is 17.4 Å². The van der Waals surface area contributed by atoms with Crippen LogP contribution in [0.4, 0.5) is 0 Å². The molecule has 10 heteroatoms. The molecule has 1 amide bonds. The predicted molar refractivity (Wildman–Crippen MR) is 318 cm³/mol. The van der Waals surface area contributed by atoms with Gasteiger partial charge in [0.25, 0.3) is 0 Å². The first-order chi connectivity index (χ1) is 35.9. The number of carbonyl (C=O) groups excluding carboxylic acids is 2. The van der Waals surface area contributed by atoms with E-state index in [4.69, 9.17) is 13.8 Å².